The van der Waals surface area contributed by atoms with Crippen LogP contribution in [0.4, 0.5) is 0 Å². The Morgan fingerprint density at radius 2 is 1.58 bits per heavy atom. The molecular weight excluding hydrogens is 332 g/mol. The number of methoxy groups -OCH3 is 1. The molecule has 0 saturated carbocycles. The third-order valence-corrected chi connectivity index (χ3v) is 3.91. The average Bonchev–Trinajstić information content (AvgIpc) is 2.64. The van der Waals surface area contributed by atoms with E-state index in [1.54, 1.807) is 7.11 Å². The highest BCUT2D eigenvalue weighted by Gasteiger charge is 2.09. The molecule has 0 aliphatic carbocycles. The van der Waals surface area contributed by atoms with Gasteiger partial charge in [-0.15, -0.1) is 0 Å². The van der Waals surface area contributed by atoms with Crippen molar-refractivity contribution in [1.82, 2.24) is 10.9 Å². The molecule has 138 valence electrons. The summed E-state index contributed by atoms with van der Waals surface area (Å²) in [4.78, 5) is 23.7. The quantitative estimate of drug-likeness (QED) is 0.747. The van der Waals surface area contributed by atoms with E-state index in [9.17, 15) is 9.59 Å². The Balaban J connectivity index is 1.74. The van der Waals surface area contributed by atoms with Gasteiger partial charge in [-0.1, -0.05) is 36.4 Å². The number of hydrogen-bond acceptors (Lipinski definition) is 4. The van der Waals surface area contributed by atoms with Gasteiger partial charge in [0.1, 0.15) is 11.5 Å². The van der Waals surface area contributed by atoms with Crippen LogP contribution in [-0.4, -0.2) is 25.5 Å². The number of carbonyl (C=O) groups is 2. The van der Waals surface area contributed by atoms with Crippen molar-refractivity contribution < 1.29 is 19.1 Å². The number of ether oxygens (including phenoxy) is 2. The number of amides is 2. The molecule has 0 bridgehead atoms. The minimum absolute atomic E-state index is 0.168. The second-order valence-corrected chi connectivity index (χ2v) is 5.92. The van der Waals surface area contributed by atoms with E-state index >= 15 is 0 Å². The lowest BCUT2D eigenvalue weighted by atomic mass is 10.1. The Bertz CT molecular complexity index is 754. The average molecular weight is 356 g/mol. The van der Waals surface area contributed by atoms with E-state index in [-0.39, 0.29) is 18.9 Å². The maximum atomic E-state index is 11.9. The van der Waals surface area contributed by atoms with E-state index < -0.39 is 5.91 Å². The molecule has 2 aromatic rings. The molecule has 2 aromatic carbocycles. The largest absolute Gasteiger partial charge is 0.496 e. The first-order chi connectivity index (χ1) is 12.5. The van der Waals surface area contributed by atoms with Crippen LogP contribution in [0.25, 0.3) is 0 Å². The molecule has 2 amide bonds. The maximum Gasteiger partial charge on any atom is 0.276 e. The van der Waals surface area contributed by atoms with Crippen molar-refractivity contribution in [1.29, 1.82) is 0 Å². The van der Waals surface area contributed by atoms with E-state index in [4.69, 9.17) is 9.47 Å². The fourth-order valence-corrected chi connectivity index (χ4v) is 2.56. The summed E-state index contributed by atoms with van der Waals surface area (Å²) in [7, 11) is 1.59. The topological polar surface area (TPSA) is 76.7 Å². The first kappa shape index (κ1) is 19.3. The van der Waals surface area contributed by atoms with Crippen LogP contribution in [-0.2, 0) is 16.0 Å². The van der Waals surface area contributed by atoms with Crippen molar-refractivity contribution in [3.05, 3.63) is 59.2 Å². The molecule has 0 atom stereocenters. The zero-order chi connectivity index (χ0) is 18.9. The number of aryl methyl sites for hydroxylation is 3. The Morgan fingerprint density at radius 3 is 2.27 bits per heavy atom. The fraction of sp³-hybridized carbons (Fsp3) is 0.300. The van der Waals surface area contributed by atoms with Crippen LogP contribution in [0.3, 0.4) is 0 Å². The molecule has 6 heteroatoms. The molecule has 0 fully saturated rings. The number of benzene rings is 2. The Labute approximate surface area is 153 Å². The van der Waals surface area contributed by atoms with Gasteiger partial charge in [0.2, 0.25) is 5.91 Å². The lowest BCUT2D eigenvalue weighted by molar-refractivity contribution is -0.130. The van der Waals surface area contributed by atoms with Crippen LogP contribution < -0.4 is 20.3 Å². The highest BCUT2D eigenvalue weighted by Crippen LogP contribution is 2.22. The van der Waals surface area contributed by atoms with Crippen molar-refractivity contribution in [3.8, 4) is 11.5 Å². The second-order valence-electron chi connectivity index (χ2n) is 5.92. The third-order valence-electron chi connectivity index (χ3n) is 3.91. The number of rotatable bonds is 7. The van der Waals surface area contributed by atoms with E-state index in [2.05, 4.69) is 10.9 Å². The summed E-state index contributed by atoms with van der Waals surface area (Å²) in [6, 6.07) is 13.3. The third kappa shape index (κ3) is 5.51. The van der Waals surface area contributed by atoms with Crippen molar-refractivity contribution in [2.24, 2.45) is 0 Å². The molecule has 0 radical (unpaired) electrons. The number of hydrazine groups is 1. The van der Waals surface area contributed by atoms with Crippen LogP contribution in [0.5, 0.6) is 11.5 Å². The molecule has 0 spiro atoms. The zero-order valence-corrected chi connectivity index (χ0v) is 15.3. The summed E-state index contributed by atoms with van der Waals surface area (Å²) in [6.45, 7) is 3.66. The highest BCUT2D eigenvalue weighted by molar-refractivity contribution is 5.82. The Morgan fingerprint density at radius 1 is 0.923 bits per heavy atom. The standard InChI is InChI=1S/C20H24N2O4/c1-14-7-6-8-15(2)20(14)26-13-19(24)22-21-18(23)12-11-16-9-4-5-10-17(16)25-3/h4-10H,11-13H2,1-3H3,(H,21,23)(H,22,24). The Kier molecular flexibility index (Phi) is 7.02. The Hall–Kier alpha value is -3.02. The summed E-state index contributed by atoms with van der Waals surface area (Å²) >= 11 is 0. The molecule has 2 N–H and O–H groups in total. The lowest BCUT2D eigenvalue weighted by Gasteiger charge is -2.12. The van der Waals surface area contributed by atoms with Gasteiger partial charge in [0.25, 0.3) is 5.91 Å². The van der Waals surface area contributed by atoms with Gasteiger partial charge in [0.15, 0.2) is 6.61 Å². The lowest BCUT2D eigenvalue weighted by Crippen LogP contribution is -2.44. The fourth-order valence-electron chi connectivity index (χ4n) is 2.56. The zero-order valence-electron chi connectivity index (χ0n) is 15.3. The number of nitrogens with one attached hydrogen (secondary N) is 2. The van der Waals surface area contributed by atoms with Gasteiger partial charge in [-0.2, -0.15) is 0 Å². The summed E-state index contributed by atoms with van der Waals surface area (Å²) in [6.07, 6.45) is 0.753. The second kappa shape index (κ2) is 9.46. The summed E-state index contributed by atoms with van der Waals surface area (Å²) in [5, 5.41) is 0. The highest BCUT2D eigenvalue weighted by atomic mass is 16.5. The monoisotopic (exact) mass is 356 g/mol. The van der Waals surface area contributed by atoms with Crippen LogP contribution in [0.15, 0.2) is 42.5 Å². The normalized spacial score (nSPS) is 10.1. The van der Waals surface area contributed by atoms with E-state index in [1.165, 1.54) is 0 Å². The van der Waals surface area contributed by atoms with Crippen molar-refractivity contribution in [3.63, 3.8) is 0 Å². The van der Waals surface area contributed by atoms with Gasteiger partial charge >= 0.3 is 0 Å². The molecule has 0 aromatic heterocycles. The van der Waals surface area contributed by atoms with Gasteiger partial charge in [0.05, 0.1) is 7.11 Å². The SMILES string of the molecule is COc1ccccc1CCC(=O)NNC(=O)COc1c(C)cccc1C. The van der Waals surface area contributed by atoms with Gasteiger partial charge in [-0.05, 0) is 43.0 Å². The first-order valence-corrected chi connectivity index (χ1v) is 8.40. The molecule has 0 saturated heterocycles. The van der Waals surface area contributed by atoms with E-state index in [0.29, 0.717) is 12.2 Å². The molecular formula is C20H24N2O4. The van der Waals surface area contributed by atoms with Gasteiger partial charge in [0, 0.05) is 6.42 Å². The molecule has 0 unspecified atom stereocenters. The van der Waals surface area contributed by atoms with E-state index in [0.717, 1.165) is 22.4 Å². The van der Waals surface area contributed by atoms with Crippen LogP contribution >= 0.6 is 0 Å². The summed E-state index contributed by atoms with van der Waals surface area (Å²) < 4.78 is 10.8. The molecule has 0 aliphatic rings. The smallest absolute Gasteiger partial charge is 0.276 e. The number of carbonyl (C=O) groups excluding carboxylic acids is 2. The maximum absolute atomic E-state index is 11.9. The molecule has 26 heavy (non-hydrogen) atoms. The summed E-state index contributed by atoms with van der Waals surface area (Å²) in [5.74, 6) is 0.728. The molecule has 0 heterocycles. The van der Waals surface area contributed by atoms with Crippen molar-refractivity contribution in [2.75, 3.05) is 13.7 Å². The van der Waals surface area contributed by atoms with Crippen molar-refractivity contribution in [2.45, 2.75) is 26.7 Å². The van der Waals surface area contributed by atoms with Crippen molar-refractivity contribution >= 4 is 11.8 Å². The predicted molar refractivity (Wildman–Crippen MR) is 99.0 cm³/mol. The van der Waals surface area contributed by atoms with Gasteiger partial charge in [-0.3, -0.25) is 20.4 Å². The molecule has 0 aliphatic heterocycles. The number of hydrogen-bond donors (Lipinski definition) is 2. The van der Waals surface area contributed by atoms with Crippen LogP contribution in [0, 0.1) is 13.8 Å². The number of para-hydroxylation sites is 2. The van der Waals surface area contributed by atoms with Gasteiger partial charge in [-0.25, -0.2) is 0 Å². The molecule has 6 nitrogen and oxygen atoms in total. The van der Waals surface area contributed by atoms with Gasteiger partial charge < -0.3 is 9.47 Å². The molecule has 2 rings (SSSR count). The first-order valence-electron chi connectivity index (χ1n) is 8.40. The minimum atomic E-state index is -0.418. The van der Waals surface area contributed by atoms with Crippen LogP contribution in [0.2, 0.25) is 0 Å². The minimum Gasteiger partial charge on any atom is -0.496 e. The summed E-state index contributed by atoms with van der Waals surface area (Å²) in [5.41, 5.74) is 7.61. The predicted octanol–water partition coefficient (Wildman–Crippen LogP) is 2.47. The van der Waals surface area contributed by atoms with Crippen LogP contribution in [0.1, 0.15) is 23.1 Å². The van der Waals surface area contributed by atoms with E-state index in [1.807, 2.05) is 56.3 Å².